The molecule has 0 heterocycles. The first-order valence-corrected chi connectivity index (χ1v) is 5.45. The monoisotopic (exact) mass is 242 g/mol. The molecule has 18 heavy (non-hydrogen) atoms. The van der Waals surface area contributed by atoms with Crippen molar-refractivity contribution in [1.29, 1.82) is 0 Å². The maximum atomic E-state index is 11.4. The summed E-state index contributed by atoms with van der Waals surface area (Å²) >= 11 is 0. The number of ether oxygens (including phenoxy) is 1. The van der Waals surface area contributed by atoms with Crippen LogP contribution in [0.5, 0.6) is 5.75 Å². The number of carbonyl (C=O) groups is 1. The van der Waals surface area contributed by atoms with Crippen LogP contribution in [0.15, 0.2) is 42.5 Å². The Kier molecular flexibility index (Phi) is 3.19. The molecule has 0 atom stereocenters. The normalized spacial score (nSPS) is 10.1. The molecule has 0 saturated carbocycles. The summed E-state index contributed by atoms with van der Waals surface area (Å²) in [7, 11) is 1.58. The lowest BCUT2D eigenvalue weighted by molar-refractivity contribution is 0.100. The van der Waals surface area contributed by atoms with Crippen LogP contribution in [0.3, 0.4) is 0 Å². The highest BCUT2D eigenvalue weighted by Crippen LogP contribution is 2.28. The van der Waals surface area contributed by atoms with Crippen LogP contribution in [0.2, 0.25) is 0 Å². The number of methoxy groups -OCH3 is 1. The van der Waals surface area contributed by atoms with Gasteiger partial charge in [-0.2, -0.15) is 0 Å². The van der Waals surface area contributed by atoms with Crippen LogP contribution in [-0.4, -0.2) is 13.0 Å². The van der Waals surface area contributed by atoms with E-state index in [1.165, 1.54) is 0 Å². The number of hydrogen-bond donors (Lipinski definition) is 2. The van der Waals surface area contributed by atoms with Gasteiger partial charge in [-0.05, 0) is 41.5 Å². The Labute approximate surface area is 105 Å². The highest BCUT2D eigenvalue weighted by atomic mass is 16.5. The van der Waals surface area contributed by atoms with Gasteiger partial charge in [0.05, 0.1) is 7.11 Å². The molecule has 0 aromatic heterocycles. The number of nitrogens with two attached hydrogens (primary N) is 2. The number of carbonyl (C=O) groups excluding carboxylic acids is 1. The van der Waals surface area contributed by atoms with Gasteiger partial charge in [-0.25, -0.2) is 0 Å². The molecule has 0 bridgehead atoms. The van der Waals surface area contributed by atoms with E-state index in [0.717, 1.165) is 11.1 Å². The number of primary amides is 1. The van der Waals surface area contributed by atoms with Crippen LogP contribution >= 0.6 is 0 Å². The highest BCUT2D eigenvalue weighted by Gasteiger charge is 2.11. The van der Waals surface area contributed by atoms with E-state index in [0.29, 0.717) is 17.0 Å². The highest BCUT2D eigenvalue weighted by molar-refractivity contribution is 6.00. The van der Waals surface area contributed by atoms with Crippen molar-refractivity contribution in [2.45, 2.75) is 0 Å². The summed E-state index contributed by atoms with van der Waals surface area (Å²) in [5.41, 5.74) is 13.7. The summed E-state index contributed by atoms with van der Waals surface area (Å²) in [5, 5.41) is 0. The van der Waals surface area contributed by atoms with Crippen LogP contribution in [0.25, 0.3) is 11.1 Å². The topological polar surface area (TPSA) is 78.3 Å². The van der Waals surface area contributed by atoms with Crippen molar-refractivity contribution in [3.63, 3.8) is 0 Å². The predicted molar refractivity (Wildman–Crippen MR) is 71.4 cm³/mol. The zero-order valence-electron chi connectivity index (χ0n) is 10.0. The number of rotatable bonds is 3. The molecule has 0 saturated heterocycles. The van der Waals surface area contributed by atoms with Gasteiger partial charge in [0.25, 0.3) is 0 Å². The van der Waals surface area contributed by atoms with E-state index in [4.69, 9.17) is 16.2 Å². The molecule has 0 aliphatic carbocycles. The fraction of sp³-hybridized carbons (Fsp3) is 0.0714. The minimum Gasteiger partial charge on any atom is -0.497 e. The molecule has 2 aromatic rings. The molecule has 92 valence electrons. The lowest BCUT2D eigenvalue weighted by atomic mass is 9.98. The number of nitrogen functional groups attached to an aromatic ring is 1. The minimum absolute atomic E-state index is 0.459. The molecule has 2 aromatic carbocycles. The maximum Gasteiger partial charge on any atom is 0.249 e. The first kappa shape index (κ1) is 12.0. The molecule has 0 fully saturated rings. The molecule has 2 rings (SSSR count). The third-order valence-electron chi connectivity index (χ3n) is 2.71. The van der Waals surface area contributed by atoms with Crippen molar-refractivity contribution in [2.75, 3.05) is 12.8 Å². The van der Waals surface area contributed by atoms with Gasteiger partial charge in [0.2, 0.25) is 5.91 Å². The van der Waals surface area contributed by atoms with E-state index < -0.39 is 5.91 Å². The van der Waals surface area contributed by atoms with Crippen LogP contribution in [0.1, 0.15) is 10.4 Å². The zero-order chi connectivity index (χ0) is 13.1. The van der Waals surface area contributed by atoms with Crippen molar-refractivity contribution in [1.82, 2.24) is 0 Å². The van der Waals surface area contributed by atoms with Crippen LogP contribution in [0.4, 0.5) is 5.69 Å². The third-order valence-corrected chi connectivity index (χ3v) is 2.71. The predicted octanol–water partition coefficient (Wildman–Crippen LogP) is 2.04. The Morgan fingerprint density at radius 2 is 1.78 bits per heavy atom. The summed E-state index contributed by atoms with van der Waals surface area (Å²) < 4.78 is 5.16. The van der Waals surface area contributed by atoms with Gasteiger partial charge in [-0.3, -0.25) is 4.79 Å². The standard InChI is InChI=1S/C14H14N2O2/c1-18-11-6-7-12(14(16)17)13(8-11)9-2-4-10(15)5-3-9/h2-8H,15H2,1H3,(H2,16,17). The van der Waals surface area contributed by atoms with E-state index in [2.05, 4.69) is 0 Å². The number of benzene rings is 2. The summed E-state index contributed by atoms with van der Waals surface area (Å²) in [6, 6.07) is 12.4. The molecule has 4 heteroatoms. The summed E-state index contributed by atoms with van der Waals surface area (Å²) in [4.78, 5) is 11.4. The number of anilines is 1. The van der Waals surface area contributed by atoms with Gasteiger partial charge >= 0.3 is 0 Å². The Hall–Kier alpha value is -2.49. The first-order valence-electron chi connectivity index (χ1n) is 5.45. The third kappa shape index (κ3) is 2.27. The minimum atomic E-state index is -0.468. The van der Waals surface area contributed by atoms with Crippen molar-refractivity contribution in [2.24, 2.45) is 5.73 Å². The maximum absolute atomic E-state index is 11.4. The second-order valence-corrected chi connectivity index (χ2v) is 3.90. The van der Waals surface area contributed by atoms with Gasteiger partial charge in [0.15, 0.2) is 0 Å². The van der Waals surface area contributed by atoms with Gasteiger partial charge in [0, 0.05) is 11.3 Å². The van der Waals surface area contributed by atoms with E-state index in [1.54, 1.807) is 37.4 Å². The van der Waals surface area contributed by atoms with Crippen molar-refractivity contribution >= 4 is 11.6 Å². The lowest BCUT2D eigenvalue weighted by Gasteiger charge is -2.09. The molecule has 0 aliphatic rings. The summed E-state index contributed by atoms with van der Waals surface area (Å²) in [5.74, 6) is 0.205. The fourth-order valence-electron chi connectivity index (χ4n) is 1.77. The molecular weight excluding hydrogens is 228 g/mol. The largest absolute Gasteiger partial charge is 0.497 e. The van der Waals surface area contributed by atoms with Crippen molar-refractivity contribution in [3.05, 3.63) is 48.0 Å². The summed E-state index contributed by atoms with van der Waals surface area (Å²) in [6.07, 6.45) is 0. The average Bonchev–Trinajstić information content (AvgIpc) is 2.38. The van der Waals surface area contributed by atoms with Gasteiger partial charge in [-0.15, -0.1) is 0 Å². The van der Waals surface area contributed by atoms with Crippen molar-refractivity contribution in [3.8, 4) is 16.9 Å². The van der Waals surface area contributed by atoms with Crippen LogP contribution < -0.4 is 16.2 Å². The van der Waals surface area contributed by atoms with E-state index in [-0.39, 0.29) is 0 Å². The quantitative estimate of drug-likeness (QED) is 0.808. The van der Waals surface area contributed by atoms with Gasteiger partial charge < -0.3 is 16.2 Å². The van der Waals surface area contributed by atoms with E-state index >= 15 is 0 Å². The molecule has 1 amide bonds. The second kappa shape index (κ2) is 4.79. The SMILES string of the molecule is COc1ccc(C(N)=O)c(-c2ccc(N)cc2)c1. The Morgan fingerprint density at radius 1 is 1.11 bits per heavy atom. The van der Waals surface area contributed by atoms with E-state index in [1.807, 2.05) is 12.1 Å². The number of hydrogen-bond acceptors (Lipinski definition) is 3. The smallest absolute Gasteiger partial charge is 0.249 e. The van der Waals surface area contributed by atoms with E-state index in [9.17, 15) is 4.79 Å². The fourth-order valence-corrected chi connectivity index (χ4v) is 1.77. The van der Waals surface area contributed by atoms with Gasteiger partial charge in [-0.1, -0.05) is 12.1 Å². The van der Waals surface area contributed by atoms with Crippen molar-refractivity contribution < 1.29 is 9.53 Å². The lowest BCUT2D eigenvalue weighted by Crippen LogP contribution is -2.12. The Morgan fingerprint density at radius 3 is 2.33 bits per heavy atom. The molecule has 4 nitrogen and oxygen atoms in total. The molecule has 4 N–H and O–H groups in total. The Bertz CT molecular complexity index is 577. The molecule has 0 aliphatic heterocycles. The van der Waals surface area contributed by atoms with Crippen LogP contribution in [-0.2, 0) is 0 Å². The zero-order valence-corrected chi connectivity index (χ0v) is 10.0. The molecule has 0 radical (unpaired) electrons. The van der Waals surface area contributed by atoms with Crippen LogP contribution in [0, 0.1) is 0 Å². The van der Waals surface area contributed by atoms with Gasteiger partial charge in [0.1, 0.15) is 5.75 Å². The molecule has 0 spiro atoms. The number of amides is 1. The Balaban J connectivity index is 2.59. The average molecular weight is 242 g/mol. The second-order valence-electron chi connectivity index (χ2n) is 3.90. The summed E-state index contributed by atoms with van der Waals surface area (Å²) in [6.45, 7) is 0. The molecular formula is C14H14N2O2. The molecule has 0 unspecified atom stereocenters. The first-order chi connectivity index (χ1) is 8.61.